The zero-order chi connectivity index (χ0) is 14.1. The number of likely N-dealkylation sites (tertiary alicyclic amines) is 1. The second-order valence-corrected chi connectivity index (χ2v) is 5.48. The van der Waals surface area contributed by atoms with Crippen molar-refractivity contribution in [1.82, 2.24) is 14.9 Å². The lowest BCUT2D eigenvalue weighted by Gasteiger charge is -2.31. The van der Waals surface area contributed by atoms with E-state index in [0.29, 0.717) is 0 Å². The zero-order valence-corrected chi connectivity index (χ0v) is 11.2. The summed E-state index contributed by atoms with van der Waals surface area (Å²) >= 11 is 0. The molecule has 3 rings (SSSR count). The van der Waals surface area contributed by atoms with Crippen LogP contribution in [0.3, 0.4) is 0 Å². The van der Waals surface area contributed by atoms with Gasteiger partial charge in [0.05, 0.1) is 0 Å². The van der Waals surface area contributed by atoms with Crippen molar-refractivity contribution in [3.05, 3.63) is 23.8 Å². The van der Waals surface area contributed by atoms with Crippen LogP contribution in [-0.2, 0) is 4.79 Å². The lowest BCUT2D eigenvalue weighted by Crippen LogP contribution is -2.39. The molecule has 2 heterocycles. The van der Waals surface area contributed by atoms with Crippen LogP contribution in [0.15, 0.2) is 12.3 Å². The van der Waals surface area contributed by atoms with E-state index in [4.69, 9.17) is 5.11 Å². The van der Waals surface area contributed by atoms with Gasteiger partial charge in [-0.25, -0.2) is 14.8 Å². The fraction of sp³-hybridized carbons (Fsp3) is 0.571. The highest BCUT2D eigenvalue weighted by Gasteiger charge is 2.35. The van der Waals surface area contributed by atoms with Crippen molar-refractivity contribution >= 4 is 11.9 Å². The van der Waals surface area contributed by atoms with Crippen LogP contribution in [-0.4, -0.2) is 44.9 Å². The predicted molar refractivity (Wildman–Crippen MR) is 70.3 cm³/mol. The smallest absolute Gasteiger partial charge is 0.373 e. The van der Waals surface area contributed by atoms with Crippen molar-refractivity contribution in [2.45, 2.75) is 31.6 Å². The van der Waals surface area contributed by atoms with Crippen molar-refractivity contribution < 1.29 is 14.7 Å². The van der Waals surface area contributed by atoms with Gasteiger partial charge in [0.25, 0.3) is 0 Å². The van der Waals surface area contributed by atoms with Crippen LogP contribution >= 0.6 is 0 Å². The molecule has 0 aromatic carbocycles. The maximum absolute atomic E-state index is 12.0. The molecule has 0 spiro atoms. The number of aromatic carboxylic acids is 1. The van der Waals surface area contributed by atoms with Gasteiger partial charge in [0, 0.05) is 36.8 Å². The minimum Gasteiger partial charge on any atom is -0.475 e. The molecule has 1 amide bonds. The van der Waals surface area contributed by atoms with Crippen LogP contribution in [0, 0.1) is 5.92 Å². The molecule has 1 aliphatic carbocycles. The number of piperidine rings is 1. The van der Waals surface area contributed by atoms with Crippen molar-refractivity contribution in [3.8, 4) is 0 Å². The van der Waals surface area contributed by atoms with Gasteiger partial charge in [-0.15, -0.1) is 0 Å². The lowest BCUT2D eigenvalue weighted by atomic mass is 9.93. The first kappa shape index (κ1) is 13.0. The van der Waals surface area contributed by atoms with Crippen molar-refractivity contribution in [1.29, 1.82) is 0 Å². The number of carbonyl (C=O) groups is 2. The van der Waals surface area contributed by atoms with Crippen molar-refractivity contribution in [3.63, 3.8) is 0 Å². The molecule has 20 heavy (non-hydrogen) atoms. The third-order valence-corrected chi connectivity index (χ3v) is 4.02. The SMILES string of the molecule is O=C(O)c1nccc(C2CCN(C(=O)C3CC3)CC2)n1. The Morgan fingerprint density at radius 3 is 2.50 bits per heavy atom. The van der Waals surface area contributed by atoms with Gasteiger partial charge in [0.2, 0.25) is 11.7 Å². The molecule has 6 heteroatoms. The Morgan fingerprint density at radius 2 is 1.90 bits per heavy atom. The van der Waals surface area contributed by atoms with E-state index in [0.717, 1.165) is 44.5 Å². The van der Waals surface area contributed by atoms with Gasteiger partial charge in [0.15, 0.2) is 0 Å². The average Bonchev–Trinajstić information content (AvgIpc) is 3.31. The van der Waals surface area contributed by atoms with Crippen molar-refractivity contribution in [2.75, 3.05) is 13.1 Å². The fourth-order valence-electron chi connectivity index (χ4n) is 2.69. The van der Waals surface area contributed by atoms with Crippen LogP contribution in [0.4, 0.5) is 0 Å². The maximum atomic E-state index is 12.0. The number of hydrogen-bond acceptors (Lipinski definition) is 4. The molecule has 1 aromatic rings. The number of hydrogen-bond donors (Lipinski definition) is 1. The molecule has 6 nitrogen and oxygen atoms in total. The Morgan fingerprint density at radius 1 is 1.20 bits per heavy atom. The second-order valence-electron chi connectivity index (χ2n) is 5.48. The third kappa shape index (κ3) is 2.64. The van der Waals surface area contributed by atoms with Gasteiger partial charge in [-0.3, -0.25) is 4.79 Å². The van der Waals surface area contributed by atoms with E-state index in [1.807, 2.05) is 4.90 Å². The third-order valence-electron chi connectivity index (χ3n) is 4.02. The van der Waals surface area contributed by atoms with E-state index in [-0.39, 0.29) is 23.6 Å². The van der Waals surface area contributed by atoms with Gasteiger partial charge in [-0.1, -0.05) is 0 Å². The lowest BCUT2D eigenvalue weighted by molar-refractivity contribution is -0.133. The number of nitrogens with zero attached hydrogens (tertiary/aromatic N) is 3. The molecule has 0 bridgehead atoms. The number of rotatable bonds is 3. The molecule has 0 unspecified atom stereocenters. The van der Waals surface area contributed by atoms with Crippen LogP contribution in [0.25, 0.3) is 0 Å². The number of aromatic nitrogens is 2. The van der Waals surface area contributed by atoms with E-state index in [9.17, 15) is 9.59 Å². The molecular weight excluding hydrogens is 258 g/mol. The van der Waals surface area contributed by atoms with E-state index < -0.39 is 5.97 Å². The van der Waals surface area contributed by atoms with E-state index in [1.165, 1.54) is 6.20 Å². The van der Waals surface area contributed by atoms with Crippen molar-refractivity contribution in [2.24, 2.45) is 5.92 Å². The Balaban J connectivity index is 1.64. The normalized spacial score (nSPS) is 19.9. The fourth-order valence-corrected chi connectivity index (χ4v) is 2.69. The van der Waals surface area contributed by atoms with Crippen LogP contribution in [0.1, 0.15) is 47.9 Å². The molecule has 106 valence electrons. The number of carboxylic acids is 1. The number of carboxylic acid groups (broad SMARTS) is 1. The largest absolute Gasteiger partial charge is 0.475 e. The zero-order valence-electron chi connectivity index (χ0n) is 11.2. The van der Waals surface area contributed by atoms with E-state index >= 15 is 0 Å². The molecule has 1 aliphatic heterocycles. The Kier molecular flexibility index (Phi) is 3.38. The summed E-state index contributed by atoms with van der Waals surface area (Å²) in [6, 6.07) is 1.77. The monoisotopic (exact) mass is 275 g/mol. The van der Waals surface area contributed by atoms with E-state index in [1.54, 1.807) is 6.07 Å². The summed E-state index contributed by atoms with van der Waals surface area (Å²) < 4.78 is 0. The first-order valence-electron chi connectivity index (χ1n) is 7.00. The maximum Gasteiger partial charge on any atom is 0.373 e. The highest BCUT2D eigenvalue weighted by atomic mass is 16.4. The number of carbonyl (C=O) groups excluding carboxylic acids is 1. The number of amides is 1. The summed E-state index contributed by atoms with van der Waals surface area (Å²) in [5, 5.41) is 8.91. The van der Waals surface area contributed by atoms with Gasteiger partial charge >= 0.3 is 5.97 Å². The average molecular weight is 275 g/mol. The molecule has 1 saturated heterocycles. The summed E-state index contributed by atoms with van der Waals surface area (Å²) in [6.45, 7) is 1.48. The highest BCUT2D eigenvalue weighted by Crippen LogP contribution is 2.34. The summed E-state index contributed by atoms with van der Waals surface area (Å²) in [6.07, 6.45) is 5.25. The van der Waals surface area contributed by atoms with Gasteiger partial charge < -0.3 is 10.0 Å². The summed E-state index contributed by atoms with van der Waals surface area (Å²) in [5.41, 5.74) is 0.774. The minimum absolute atomic E-state index is 0.154. The summed E-state index contributed by atoms with van der Waals surface area (Å²) in [5.74, 6) is -0.479. The molecule has 1 aromatic heterocycles. The summed E-state index contributed by atoms with van der Waals surface area (Å²) in [4.78, 5) is 32.6. The Hall–Kier alpha value is -1.98. The van der Waals surface area contributed by atoms with Gasteiger partial charge in [0.1, 0.15) is 0 Å². The first-order valence-corrected chi connectivity index (χ1v) is 7.00. The van der Waals surface area contributed by atoms with Crippen LogP contribution in [0.5, 0.6) is 0 Å². The molecule has 2 fully saturated rings. The molecular formula is C14H17N3O3. The Labute approximate surface area is 116 Å². The topological polar surface area (TPSA) is 83.4 Å². The quantitative estimate of drug-likeness (QED) is 0.898. The minimum atomic E-state index is -1.10. The predicted octanol–water partition coefficient (Wildman–Crippen LogP) is 1.29. The van der Waals surface area contributed by atoms with Gasteiger partial charge in [-0.05, 0) is 31.7 Å². The van der Waals surface area contributed by atoms with E-state index in [2.05, 4.69) is 9.97 Å². The molecule has 1 saturated carbocycles. The first-order chi connectivity index (χ1) is 9.65. The molecule has 0 radical (unpaired) electrons. The second kappa shape index (κ2) is 5.19. The Bertz CT molecular complexity index is 534. The molecule has 0 atom stereocenters. The molecule has 2 aliphatic rings. The molecule has 1 N–H and O–H groups in total. The van der Waals surface area contributed by atoms with Crippen LogP contribution in [0.2, 0.25) is 0 Å². The standard InChI is InChI=1S/C14H17N3O3/c18-13(10-1-2-10)17-7-4-9(5-8-17)11-3-6-15-12(16-11)14(19)20/h3,6,9-10H,1-2,4-5,7-8H2,(H,19,20). The summed E-state index contributed by atoms with van der Waals surface area (Å²) in [7, 11) is 0. The van der Waals surface area contributed by atoms with Gasteiger partial charge in [-0.2, -0.15) is 0 Å². The highest BCUT2D eigenvalue weighted by molar-refractivity contribution is 5.83. The van der Waals surface area contributed by atoms with Crippen LogP contribution < -0.4 is 0 Å².